The molecule has 21 heavy (non-hydrogen) atoms. The Bertz CT molecular complexity index is 480. The van der Waals surface area contributed by atoms with Crippen molar-refractivity contribution in [3.05, 3.63) is 34.9 Å². The summed E-state index contributed by atoms with van der Waals surface area (Å²) >= 11 is 0. The number of carbonyl (C=O) groups excluding carboxylic acids is 1. The fraction of sp³-hybridized carbons (Fsp3) is 0.588. The molecule has 2 N–H and O–H groups in total. The molecule has 1 aromatic carbocycles. The number of carbonyl (C=O) groups is 1. The van der Waals surface area contributed by atoms with Gasteiger partial charge in [0, 0.05) is 25.3 Å². The number of likely N-dealkylation sites (tertiary alicyclic amines) is 1. The van der Waals surface area contributed by atoms with Gasteiger partial charge in [-0.15, -0.1) is 0 Å². The lowest BCUT2D eigenvalue weighted by atomic mass is 10.0. The second-order valence-electron chi connectivity index (χ2n) is 5.82. The molecule has 0 aliphatic carbocycles. The van der Waals surface area contributed by atoms with Crippen LogP contribution in [0.15, 0.2) is 18.2 Å². The van der Waals surface area contributed by atoms with E-state index < -0.39 is 0 Å². The van der Waals surface area contributed by atoms with Crippen molar-refractivity contribution in [1.29, 1.82) is 0 Å². The lowest BCUT2D eigenvalue weighted by Gasteiger charge is -2.32. The molecule has 1 fully saturated rings. The summed E-state index contributed by atoms with van der Waals surface area (Å²) in [6.45, 7) is 7.00. The Kier molecular flexibility index (Phi) is 5.76. The summed E-state index contributed by atoms with van der Waals surface area (Å²) < 4.78 is 5.78. The summed E-state index contributed by atoms with van der Waals surface area (Å²) in [5, 5.41) is 0. The van der Waals surface area contributed by atoms with E-state index in [9.17, 15) is 4.79 Å². The molecular weight excluding hydrogens is 264 g/mol. The van der Waals surface area contributed by atoms with Crippen LogP contribution in [0, 0.1) is 13.8 Å². The van der Waals surface area contributed by atoms with E-state index in [1.54, 1.807) is 0 Å². The molecule has 0 saturated carbocycles. The Balaban J connectivity index is 1.88. The fourth-order valence-corrected chi connectivity index (χ4v) is 2.78. The van der Waals surface area contributed by atoms with Gasteiger partial charge in [0.05, 0.1) is 6.10 Å². The monoisotopic (exact) mass is 290 g/mol. The topological polar surface area (TPSA) is 55.6 Å². The van der Waals surface area contributed by atoms with Crippen LogP contribution < -0.4 is 5.73 Å². The van der Waals surface area contributed by atoms with Crippen molar-refractivity contribution < 1.29 is 9.53 Å². The average Bonchev–Trinajstić information content (AvgIpc) is 2.48. The minimum atomic E-state index is 0.146. The van der Waals surface area contributed by atoms with E-state index in [0.29, 0.717) is 6.54 Å². The van der Waals surface area contributed by atoms with Crippen LogP contribution >= 0.6 is 0 Å². The molecule has 1 aliphatic heterocycles. The Morgan fingerprint density at radius 3 is 2.67 bits per heavy atom. The number of benzene rings is 1. The van der Waals surface area contributed by atoms with Crippen molar-refractivity contribution in [1.82, 2.24) is 4.90 Å². The molecule has 4 heteroatoms. The first-order valence-corrected chi connectivity index (χ1v) is 7.80. The summed E-state index contributed by atoms with van der Waals surface area (Å²) in [5.41, 5.74) is 8.53. The van der Waals surface area contributed by atoms with E-state index in [1.165, 1.54) is 5.56 Å². The highest BCUT2D eigenvalue weighted by molar-refractivity contribution is 5.95. The van der Waals surface area contributed by atoms with Crippen molar-refractivity contribution in [2.45, 2.75) is 39.2 Å². The van der Waals surface area contributed by atoms with Crippen molar-refractivity contribution >= 4 is 5.91 Å². The van der Waals surface area contributed by atoms with Crippen molar-refractivity contribution in [3.8, 4) is 0 Å². The molecular formula is C17H26N2O2. The molecule has 1 saturated heterocycles. The fourth-order valence-electron chi connectivity index (χ4n) is 2.78. The number of amides is 1. The van der Waals surface area contributed by atoms with Crippen LogP contribution in [-0.4, -0.2) is 43.2 Å². The van der Waals surface area contributed by atoms with Crippen LogP contribution in [0.5, 0.6) is 0 Å². The maximum Gasteiger partial charge on any atom is 0.254 e. The summed E-state index contributed by atoms with van der Waals surface area (Å²) in [6, 6.07) is 6.01. The van der Waals surface area contributed by atoms with Gasteiger partial charge in [-0.05, 0) is 51.3 Å². The number of hydrogen-bond acceptors (Lipinski definition) is 3. The quantitative estimate of drug-likeness (QED) is 0.846. The van der Waals surface area contributed by atoms with Crippen LogP contribution in [0.25, 0.3) is 0 Å². The number of hydrogen-bond donors (Lipinski definition) is 1. The van der Waals surface area contributed by atoms with Gasteiger partial charge in [0.2, 0.25) is 0 Å². The predicted molar refractivity (Wildman–Crippen MR) is 84.5 cm³/mol. The Morgan fingerprint density at radius 1 is 1.33 bits per heavy atom. The van der Waals surface area contributed by atoms with E-state index in [-0.39, 0.29) is 12.0 Å². The highest BCUT2D eigenvalue weighted by atomic mass is 16.5. The van der Waals surface area contributed by atoms with E-state index in [2.05, 4.69) is 6.07 Å². The number of nitrogens with two attached hydrogens (primary N) is 1. The van der Waals surface area contributed by atoms with Crippen LogP contribution in [-0.2, 0) is 4.74 Å². The van der Waals surface area contributed by atoms with Gasteiger partial charge in [0.25, 0.3) is 5.91 Å². The third-order valence-corrected chi connectivity index (χ3v) is 4.04. The SMILES string of the molecule is Cc1ccc(C(=O)N2CCC(OCCCN)CC2)c(C)c1. The molecule has 0 unspecified atom stereocenters. The van der Waals surface area contributed by atoms with Gasteiger partial charge in [-0.1, -0.05) is 17.7 Å². The Labute approximate surface area is 127 Å². The molecule has 116 valence electrons. The first-order chi connectivity index (χ1) is 10.1. The van der Waals surface area contributed by atoms with Gasteiger partial charge in [-0.25, -0.2) is 0 Å². The maximum atomic E-state index is 12.6. The Morgan fingerprint density at radius 2 is 2.05 bits per heavy atom. The molecule has 4 nitrogen and oxygen atoms in total. The van der Waals surface area contributed by atoms with Gasteiger partial charge < -0.3 is 15.4 Å². The Hall–Kier alpha value is -1.39. The molecule has 0 radical (unpaired) electrons. The van der Waals surface area contributed by atoms with Crippen LogP contribution in [0.3, 0.4) is 0 Å². The molecule has 1 heterocycles. The zero-order chi connectivity index (χ0) is 15.2. The maximum absolute atomic E-state index is 12.6. The van der Waals surface area contributed by atoms with Crippen molar-refractivity contribution in [3.63, 3.8) is 0 Å². The standard InChI is InChI=1S/C17H26N2O2/c1-13-4-5-16(14(2)12-13)17(20)19-9-6-15(7-10-19)21-11-3-8-18/h4-5,12,15H,3,6-11,18H2,1-2H3. The second-order valence-corrected chi connectivity index (χ2v) is 5.82. The largest absolute Gasteiger partial charge is 0.378 e. The van der Waals surface area contributed by atoms with E-state index >= 15 is 0 Å². The molecule has 0 aromatic heterocycles. The zero-order valence-corrected chi connectivity index (χ0v) is 13.1. The first kappa shape index (κ1) is 16.0. The third kappa shape index (κ3) is 4.29. The third-order valence-electron chi connectivity index (χ3n) is 4.04. The summed E-state index contributed by atoms with van der Waals surface area (Å²) in [4.78, 5) is 14.5. The highest BCUT2D eigenvalue weighted by Crippen LogP contribution is 2.19. The lowest BCUT2D eigenvalue weighted by Crippen LogP contribution is -2.41. The van der Waals surface area contributed by atoms with Gasteiger partial charge >= 0.3 is 0 Å². The second kappa shape index (κ2) is 7.57. The number of piperidine rings is 1. The van der Waals surface area contributed by atoms with E-state index in [0.717, 1.165) is 50.1 Å². The van der Waals surface area contributed by atoms with Gasteiger partial charge in [-0.2, -0.15) is 0 Å². The molecule has 1 amide bonds. The summed E-state index contributed by atoms with van der Waals surface area (Å²) in [5.74, 6) is 0.146. The van der Waals surface area contributed by atoms with Crippen LogP contribution in [0.4, 0.5) is 0 Å². The number of nitrogens with zero attached hydrogens (tertiary/aromatic N) is 1. The number of ether oxygens (including phenoxy) is 1. The predicted octanol–water partition coefficient (Wildman–Crippen LogP) is 2.27. The smallest absolute Gasteiger partial charge is 0.254 e. The number of aryl methyl sites for hydroxylation is 2. The zero-order valence-electron chi connectivity index (χ0n) is 13.1. The van der Waals surface area contributed by atoms with Gasteiger partial charge in [0.1, 0.15) is 0 Å². The van der Waals surface area contributed by atoms with Crippen LogP contribution in [0.1, 0.15) is 40.7 Å². The average molecular weight is 290 g/mol. The first-order valence-electron chi connectivity index (χ1n) is 7.80. The van der Waals surface area contributed by atoms with Crippen LogP contribution in [0.2, 0.25) is 0 Å². The van der Waals surface area contributed by atoms with Crippen molar-refractivity contribution in [2.75, 3.05) is 26.2 Å². The summed E-state index contributed by atoms with van der Waals surface area (Å²) in [7, 11) is 0. The molecule has 0 spiro atoms. The highest BCUT2D eigenvalue weighted by Gasteiger charge is 2.24. The van der Waals surface area contributed by atoms with Crippen molar-refractivity contribution in [2.24, 2.45) is 5.73 Å². The minimum Gasteiger partial charge on any atom is -0.378 e. The van der Waals surface area contributed by atoms with Gasteiger partial charge in [-0.3, -0.25) is 4.79 Å². The minimum absolute atomic E-state index is 0.146. The lowest BCUT2D eigenvalue weighted by molar-refractivity contribution is 0.00843. The molecule has 2 rings (SSSR count). The number of rotatable bonds is 5. The molecule has 1 aromatic rings. The molecule has 0 atom stereocenters. The summed E-state index contributed by atoms with van der Waals surface area (Å²) in [6.07, 6.45) is 3.02. The van der Waals surface area contributed by atoms with Gasteiger partial charge in [0.15, 0.2) is 0 Å². The normalized spacial score (nSPS) is 16.2. The van der Waals surface area contributed by atoms with E-state index in [1.807, 2.05) is 30.9 Å². The molecule has 0 bridgehead atoms. The van der Waals surface area contributed by atoms with E-state index in [4.69, 9.17) is 10.5 Å². The molecule has 1 aliphatic rings.